The molecule has 0 aliphatic carbocycles. The Bertz CT molecular complexity index is 297. The van der Waals surface area contributed by atoms with Crippen LogP contribution in [0.4, 0.5) is 0 Å². The minimum atomic E-state index is -1.16. The Hall–Kier alpha value is -1.10. The van der Waals surface area contributed by atoms with Crippen molar-refractivity contribution in [2.75, 3.05) is 0 Å². The van der Waals surface area contributed by atoms with Crippen LogP contribution in [0.25, 0.3) is 0 Å². The molecule has 1 aliphatic heterocycles. The summed E-state index contributed by atoms with van der Waals surface area (Å²) in [6, 6.07) is 0. The molecule has 13 heavy (non-hydrogen) atoms. The van der Waals surface area contributed by atoms with E-state index in [2.05, 4.69) is 5.10 Å². The first kappa shape index (κ1) is 9.98. The third-order valence-electron chi connectivity index (χ3n) is 3.00. The summed E-state index contributed by atoms with van der Waals surface area (Å²) in [5, 5.41) is 14.3. The largest absolute Gasteiger partial charge is 0.367 e. The second-order valence-corrected chi connectivity index (χ2v) is 4.07. The first-order valence-electron chi connectivity index (χ1n) is 4.17. The summed E-state index contributed by atoms with van der Waals surface area (Å²) in [6.45, 7) is 7.29. The first-order valence-corrected chi connectivity index (χ1v) is 4.17. The van der Waals surface area contributed by atoms with Gasteiger partial charge in [0.2, 0.25) is 5.72 Å². The standard InChI is InChI=1S/C8H16N4O/c1-5-7(2,3)8(4,13)12(11-5)6(9)10/h13H,1-4H3,(H3,9,10)/p+1. The zero-order valence-electron chi connectivity index (χ0n) is 8.50. The van der Waals surface area contributed by atoms with E-state index in [0.29, 0.717) is 0 Å². The normalized spacial score (nSPS) is 31.8. The van der Waals surface area contributed by atoms with Crippen molar-refractivity contribution in [1.29, 1.82) is 0 Å². The van der Waals surface area contributed by atoms with E-state index in [1.165, 1.54) is 4.68 Å². The van der Waals surface area contributed by atoms with E-state index in [4.69, 9.17) is 11.5 Å². The number of hydrazone groups is 1. The molecule has 0 amide bonds. The smallest absolute Gasteiger partial charge is 0.357 e. The highest BCUT2D eigenvalue weighted by molar-refractivity contribution is 5.89. The number of nitrogens with zero attached hydrogens (tertiary/aromatic N) is 2. The van der Waals surface area contributed by atoms with Gasteiger partial charge < -0.3 is 5.11 Å². The molecule has 1 rings (SSSR count). The van der Waals surface area contributed by atoms with Gasteiger partial charge in [0.15, 0.2) is 0 Å². The average molecular weight is 185 g/mol. The van der Waals surface area contributed by atoms with Gasteiger partial charge in [-0.1, -0.05) is 0 Å². The van der Waals surface area contributed by atoms with Crippen LogP contribution in [0.15, 0.2) is 5.10 Å². The van der Waals surface area contributed by atoms with Crippen LogP contribution in [0, 0.1) is 5.41 Å². The molecular weight excluding hydrogens is 168 g/mol. The van der Waals surface area contributed by atoms with Crippen molar-refractivity contribution in [3.8, 4) is 0 Å². The molecule has 5 heteroatoms. The fourth-order valence-corrected chi connectivity index (χ4v) is 1.29. The maximum atomic E-state index is 10.2. The second-order valence-electron chi connectivity index (χ2n) is 4.07. The van der Waals surface area contributed by atoms with Gasteiger partial charge in [-0.05, 0) is 20.8 Å². The van der Waals surface area contributed by atoms with Crippen molar-refractivity contribution in [2.24, 2.45) is 22.0 Å². The minimum absolute atomic E-state index is 0.00919. The molecule has 5 N–H and O–H groups in total. The molecule has 0 spiro atoms. The van der Waals surface area contributed by atoms with Gasteiger partial charge in [-0.25, -0.2) is 0 Å². The Kier molecular flexibility index (Phi) is 1.88. The molecular formula is C8H17N4O+. The fourth-order valence-electron chi connectivity index (χ4n) is 1.29. The molecule has 0 aromatic rings. The fraction of sp³-hybridized carbons (Fsp3) is 0.750. The second kappa shape index (κ2) is 2.45. The molecule has 5 nitrogen and oxygen atoms in total. The Morgan fingerprint density at radius 1 is 1.38 bits per heavy atom. The highest BCUT2D eigenvalue weighted by atomic mass is 16.3. The van der Waals surface area contributed by atoms with Crippen molar-refractivity contribution in [2.45, 2.75) is 33.4 Å². The molecule has 0 aromatic carbocycles. The van der Waals surface area contributed by atoms with E-state index in [0.717, 1.165) is 5.71 Å². The topological polar surface area (TPSA) is 87.6 Å². The van der Waals surface area contributed by atoms with Crippen LogP contribution in [0.3, 0.4) is 0 Å². The first-order chi connectivity index (χ1) is 5.71. The Morgan fingerprint density at radius 2 is 1.85 bits per heavy atom. The van der Waals surface area contributed by atoms with Gasteiger partial charge in [-0.15, -0.1) is 9.79 Å². The lowest BCUT2D eigenvalue weighted by Crippen LogP contribution is -2.51. The Balaban J connectivity index is 3.32. The molecule has 1 unspecified atom stereocenters. The Labute approximate surface area is 77.7 Å². The van der Waals surface area contributed by atoms with Crippen molar-refractivity contribution < 1.29 is 9.79 Å². The molecule has 1 aliphatic rings. The lowest BCUT2D eigenvalue weighted by atomic mass is 9.79. The van der Waals surface area contributed by atoms with Gasteiger partial charge in [0.1, 0.15) is 0 Å². The van der Waals surface area contributed by atoms with Crippen molar-refractivity contribution in [3.05, 3.63) is 0 Å². The number of hydrogen-bond acceptors (Lipinski definition) is 2. The molecule has 0 saturated heterocycles. The van der Waals surface area contributed by atoms with Crippen molar-refractivity contribution in [3.63, 3.8) is 0 Å². The van der Waals surface area contributed by atoms with Gasteiger partial charge in [0, 0.05) is 6.92 Å². The third-order valence-corrected chi connectivity index (χ3v) is 3.00. The zero-order valence-corrected chi connectivity index (χ0v) is 8.50. The molecule has 1 atom stereocenters. The SMILES string of the molecule is CC1=N[N+](=C(N)N)C(C)(O)C1(C)C. The van der Waals surface area contributed by atoms with E-state index in [1.54, 1.807) is 6.92 Å². The lowest BCUT2D eigenvalue weighted by Gasteiger charge is -2.30. The highest BCUT2D eigenvalue weighted by Crippen LogP contribution is 2.38. The van der Waals surface area contributed by atoms with E-state index in [1.807, 2.05) is 20.8 Å². The van der Waals surface area contributed by atoms with Crippen LogP contribution >= 0.6 is 0 Å². The summed E-state index contributed by atoms with van der Waals surface area (Å²) in [7, 11) is 0. The van der Waals surface area contributed by atoms with Crippen LogP contribution in [-0.2, 0) is 0 Å². The summed E-state index contributed by atoms with van der Waals surface area (Å²) in [6.07, 6.45) is 0. The summed E-state index contributed by atoms with van der Waals surface area (Å²) in [4.78, 5) is 0. The van der Waals surface area contributed by atoms with Crippen LogP contribution in [0.2, 0.25) is 0 Å². The van der Waals surface area contributed by atoms with Gasteiger partial charge in [0.05, 0.1) is 11.1 Å². The predicted molar refractivity (Wildman–Crippen MR) is 51.2 cm³/mol. The molecule has 0 bridgehead atoms. The summed E-state index contributed by atoms with van der Waals surface area (Å²) < 4.78 is 1.25. The minimum Gasteiger partial charge on any atom is -0.357 e. The average Bonchev–Trinajstić information content (AvgIpc) is 2.10. The van der Waals surface area contributed by atoms with Crippen LogP contribution in [0.5, 0.6) is 0 Å². The van der Waals surface area contributed by atoms with Crippen molar-refractivity contribution in [1.82, 2.24) is 0 Å². The molecule has 0 fully saturated rings. The predicted octanol–water partition coefficient (Wildman–Crippen LogP) is -0.603. The van der Waals surface area contributed by atoms with Gasteiger partial charge in [0.25, 0.3) is 0 Å². The highest BCUT2D eigenvalue weighted by Gasteiger charge is 2.53. The molecule has 0 aromatic heterocycles. The number of nitrogens with two attached hydrogens (primary N) is 2. The quantitative estimate of drug-likeness (QED) is 0.348. The monoisotopic (exact) mass is 185 g/mol. The zero-order chi connectivity index (χ0) is 10.4. The Morgan fingerprint density at radius 3 is 2.00 bits per heavy atom. The van der Waals surface area contributed by atoms with E-state index >= 15 is 0 Å². The lowest BCUT2D eigenvalue weighted by molar-refractivity contribution is -0.662. The van der Waals surface area contributed by atoms with Crippen LogP contribution in [0.1, 0.15) is 27.7 Å². The van der Waals surface area contributed by atoms with Gasteiger partial charge >= 0.3 is 5.96 Å². The third kappa shape index (κ3) is 1.11. The molecule has 1 heterocycles. The van der Waals surface area contributed by atoms with Gasteiger partial charge in [-0.3, -0.25) is 11.5 Å². The molecule has 0 radical (unpaired) electrons. The number of hydrogen-bond donors (Lipinski definition) is 3. The number of aliphatic hydroxyl groups is 1. The molecule has 0 saturated carbocycles. The summed E-state index contributed by atoms with van der Waals surface area (Å²) >= 11 is 0. The maximum Gasteiger partial charge on any atom is 0.367 e. The number of guanidine groups is 1. The summed E-state index contributed by atoms with van der Waals surface area (Å²) in [5.74, 6) is 0.00919. The van der Waals surface area contributed by atoms with Crippen molar-refractivity contribution >= 4 is 11.7 Å². The van der Waals surface area contributed by atoms with Gasteiger partial charge in [-0.2, -0.15) is 0 Å². The van der Waals surface area contributed by atoms with E-state index in [9.17, 15) is 5.11 Å². The van der Waals surface area contributed by atoms with E-state index < -0.39 is 11.1 Å². The number of rotatable bonds is 0. The molecule has 74 valence electrons. The summed E-state index contributed by atoms with van der Waals surface area (Å²) in [5.41, 5.74) is 10.0. The maximum absolute atomic E-state index is 10.2. The van der Waals surface area contributed by atoms with Crippen LogP contribution in [-0.4, -0.2) is 27.2 Å². The van der Waals surface area contributed by atoms with Crippen LogP contribution < -0.4 is 11.5 Å². The van der Waals surface area contributed by atoms with E-state index in [-0.39, 0.29) is 5.96 Å².